The van der Waals surface area contributed by atoms with Crippen molar-refractivity contribution in [3.63, 3.8) is 0 Å². The van der Waals surface area contributed by atoms with Gasteiger partial charge in [0.2, 0.25) is 0 Å². The van der Waals surface area contributed by atoms with Crippen molar-refractivity contribution in [2.24, 2.45) is 0 Å². The summed E-state index contributed by atoms with van der Waals surface area (Å²) in [5.74, 6) is 0. The first-order chi connectivity index (χ1) is 10.1. The summed E-state index contributed by atoms with van der Waals surface area (Å²) < 4.78 is 1.41. The van der Waals surface area contributed by atoms with E-state index in [0.29, 0.717) is 15.9 Å². The van der Waals surface area contributed by atoms with Crippen LogP contribution in [0.1, 0.15) is 11.7 Å². The van der Waals surface area contributed by atoms with E-state index in [1.54, 1.807) is 18.2 Å². The molecule has 1 heterocycles. The lowest BCUT2D eigenvalue weighted by Crippen LogP contribution is -2.23. The van der Waals surface area contributed by atoms with E-state index < -0.39 is 6.10 Å². The SMILES string of the molecule is O=c1c2ccc(Cl)cc2ncn1C[C@H](O)c1ccccc1. The molecular weight excluding hydrogens is 288 g/mol. The van der Waals surface area contributed by atoms with E-state index in [2.05, 4.69) is 4.98 Å². The van der Waals surface area contributed by atoms with Crippen molar-refractivity contribution < 1.29 is 5.11 Å². The summed E-state index contributed by atoms with van der Waals surface area (Å²) in [6, 6.07) is 14.2. The average Bonchev–Trinajstić information content (AvgIpc) is 2.51. The first-order valence-corrected chi connectivity index (χ1v) is 6.90. The molecule has 0 fully saturated rings. The zero-order chi connectivity index (χ0) is 14.8. The summed E-state index contributed by atoms with van der Waals surface area (Å²) >= 11 is 5.89. The van der Waals surface area contributed by atoms with Crippen LogP contribution in [-0.4, -0.2) is 14.7 Å². The van der Waals surface area contributed by atoms with Gasteiger partial charge in [0.25, 0.3) is 5.56 Å². The van der Waals surface area contributed by atoms with Gasteiger partial charge < -0.3 is 5.11 Å². The summed E-state index contributed by atoms with van der Waals surface area (Å²) in [6.07, 6.45) is 0.683. The van der Waals surface area contributed by atoms with Crippen molar-refractivity contribution in [3.05, 3.63) is 75.8 Å². The van der Waals surface area contributed by atoms with Crippen molar-refractivity contribution in [1.29, 1.82) is 0 Å². The zero-order valence-corrected chi connectivity index (χ0v) is 11.9. The van der Waals surface area contributed by atoms with Crippen molar-refractivity contribution in [2.45, 2.75) is 12.6 Å². The smallest absolute Gasteiger partial charge is 0.261 e. The van der Waals surface area contributed by atoms with Gasteiger partial charge in [-0.1, -0.05) is 41.9 Å². The Balaban J connectivity index is 1.96. The summed E-state index contributed by atoms with van der Waals surface area (Å²) in [7, 11) is 0. The Morgan fingerprint density at radius 1 is 1.19 bits per heavy atom. The van der Waals surface area contributed by atoms with Crippen molar-refractivity contribution in [2.75, 3.05) is 0 Å². The van der Waals surface area contributed by atoms with Crippen LogP contribution in [0.4, 0.5) is 0 Å². The number of fused-ring (bicyclic) bond motifs is 1. The van der Waals surface area contributed by atoms with Crippen LogP contribution in [0.15, 0.2) is 59.7 Å². The second kappa shape index (κ2) is 5.68. The molecule has 106 valence electrons. The number of aromatic nitrogens is 2. The second-order valence-corrected chi connectivity index (χ2v) is 5.23. The number of halogens is 1. The normalized spacial score (nSPS) is 12.5. The molecule has 1 aromatic heterocycles. The van der Waals surface area contributed by atoms with Crippen LogP contribution in [-0.2, 0) is 6.54 Å². The Kier molecular flexibility index (Phi) is 3.73. The molecule has 0 aliphatic carbocycles. The average molecular weight is 301 g/mol. The minimum atomic E-state index is -0.754. The fraction of sp³-hybridized carbons (Fsp3) is 0.125. The van der Waals surface area contributed by atoms with Crippen LogP contribution in [0.5, 0.6) is 0 Å². The lowest BCUT2D eigenvalue weighted by atomic mass is 10.1. The monoisotopic (exact) mass is 300 g/mol. The van der Waals surface area contributed by atoms with Crippen molar-refractivity contribution in [3.8, 4) is 0 Å². The molecule has 0 amide bonds. The Hall–Kier alpha value is -2.17. The van der Waals surface area contributed by atoms with Gasteiger partial charge in [-0.2, -0.15) is 0 Å². The van der Waals surface area contributed by atoms with Crippen LogP contribution in [0, 0.1) is 0 Å². The third-order valence-electron chi connectivity index (χ3n) is 3.34. The van der Waals surface area contributed by atoms with Gasteiger partial charge in [-0.15, -0.1) is 0 Å². The molecule has 0 radical (unpaired) electrons. The van der Waals surface area contributed by atoms with Crippen LogP contribution in [0.2, 0.25) is 5.02 Å². The third kappa shape index (κ3) is 2.82. The van der Waals surface area contributed by atoms with Gasteiger partial charge in [-0.3, -0.25) is 9.36 Å². The number of hydrogen-bond acceptors (Lipinski definition) is 3. The molecule has 3 aromatic rings. The van der Waals surface area contributed by atoms with Gasteiger partial charge in [-0.05, 0) is 23.8 Å². The summed E-state index contributed by atoms with van der Waals surface area (Å²) in [6.45, 7) is 0.161. The molecule has 0 spiro atoms. The van der Waals surface area contributed by atoms with Crippen molar-refractivity contribution >= 4 is 22.5 Å². The maximum absolute atomic E-state index is 12.4. The van der Waals surface area contributed by atoms with E-state index >= 15 is 0 Å². The van der Waals surface area contributed by atoms with E-state index in [1.165, 1.54) is 10.9 Å². The van der Waals surface area contributed by atoms with Crippen LogP contribution < -0.4 is 5.56 Å². The molecule has 3 rings (SSSR count). The molecule has 0 aliphatic rings. The topological polar surface area (TPSA) is 55.1 Å². The minimum Gasteiger partial charge on any atom is -0.387 e. The Labute approximate surface area is 126 Å². The maximum Gasteiger partial charge on any atom is 0.261 e. The summed E-state index contributed by atoms with van der Waals surface area (Å²) in [4.78, 5) is 16.6. The standard InChI is InChI=1S/C16H13ClN2O2/c17-12-6-7-13-14(8-12)18-10-19(16(13)21)9-15(20)11-4-2-1-3-5-11/h1-8,10,15,20H,9H2/t15-/m0/s1. The fourth-order valence-corrected chi connectivity index (χ4v) is 2.39. The summed E-state index contributed by atoms with van der Waals surface area (Å²) in [5.41, 5.74) is 1.13. The van der Waals surface area contributed by atoms with Crippen LogP contribution in [0.25, 0.3) is 10.9 Å². The largest absolute Gasteiger partial charge is 0.387 e. The van der Waals surface area contributed by atoms with Gasteiger partial charge in [0, 0.05) is 5.02 Å². The fourth-order valence-electron chi connectivity index (χ4n) is 2.23. The molecular formula is C16H13ClN2O2. The number of aliphatic hydroxyl groups is 1. The van der Waals surface area contributed by atoms with E-state index in [-0.39, 0.29) is 12.1 Å². The second-order valence-electron chi connectivity index (χ2n) is 4.79. The molecule has 1 N–H and O–H groups in total. The number of benzene rings is 2. The molecule has 0 unspecified atom stereocenters. The molecule has 21 heavy (non-hydrogen) atoms. The molecule has 2 aromatic carbocycles. The lowest BCUT2D eigenvalue weighted by Gasteiger charge is -2.13. The molecule has 4 nitrogen and oxygen atoms in total. The first kappa shape index (κ1) is 13.8. The highest BCUT2D eigenvalue weighted by Crippen LogP contribution is 2.16. The minimum absolute atomic E-state index is 0.161. The van der Waals surface area contributed by atoms with Gasteiger partial charge in [0.15, 0.2) is 0 Å². The predicted octanol–water partition coefficient (Wildman–Crippen LogP) is 2.78. The molecule has 0 bridgehead atoms. The van der Waals surface area contributed by atoms with Gasteiger partial charge in [0.05, 0.1) is 29.9 Å². The first-order valence-electron chi connectivity index (χ1n) is 6.53. The quantitative estimate of drug-likeness (QED) is 0.809. The van der Waals surface area contributed by atoms with Crippen LogP contribution in [0.3, 0.4) is 0 Å². The number of rotatable bonds is 3. The highest BCUT2D eigenvalue weighted by molar-refractivity contribution is 6.31. The Morgan fingerprint density at radius 3 is 2.71 bits per heavy atom. The summed E-state index contributed by atoms with van der Waals surface area (Å²) in [5, 5.41) is 11.2. The molecule has 1 atom stereocenters. The van der Waals surface area contributed by atoms with E-state index in [0.717, 1.165) is 5.56 Å². The molecule has 5 heteroatoms. The van der Waals surface area contributed by atoms with E-state index in [4.69, 9.17) is 11.6 Å². The highest BCUT2D eigenvalue weighted by atomic mass is 35.5. The predicted molar refractivity (Wildman–Crippen MR) is 82.4 cm³/mol. The number of aliphatic hydroxyl groups excluding tert-OH is 1. The Morgan fingerprint density at radius 2 is 1.95 bits per heavy atom. The number of nitrogens with zero attached hydrogens (tertiary/aromatic N) is 2. The van der Waals surface area contributed by atoms with Gasteiger partial charge in [0.1, 0.15) is 0 Å². The third-order valence-corrected chi connectivity index (χ3v) is 3.58. The molecule has 0 saturated carbocycles. The van der Waals surface area contributed by atoms with Gasteiger partial charge >= 0.3 is 0 Å². The molecule has 0 aliphatic heterocycles. The van der Waals surface area contributed by atoms with Crippen LogP contribution >= 0.6 is 11.6 Å². The molecule has 0 saturated heterocycles. The van der Waals surface area contributed by atoms with Gasteiger partial charge in [-0.25, -0.2) is 4.98 Å². The number of hydrogen-bond donors (Lipinski definition) is 1. The van der Waals surface area contributed by atoms with E-state index in [9.17, 15) is 9.90 Å². The van der Waals surface area contributed by atoms with Crippen molar-refractivity contribution in [1.82, 2.24) is 9.55 Å². The highest BCUT2D eigenvalue weighted by Gasteiger charge is 2.11. The maximum atomic E-state index is 12.4. The Bertz CT molecular complexity index is 831. The lowest BCUT2D eigenvalue weighted by molar-refractivity contribution is 0.155. The van der Waals surface area contributed by atoms with E-state index in [1.807, 2.05) is 30.3 Å². The zero-order valence-electron chi connectivity index (χ0n) is 11.1.